The number of ketones is 1. The molecule has 0 saturated carbocycles. The lowest BCUT2D eigenvalue weighted by atomic mass is 9.95. The van der Waals surface area contributed by atoms with E-state index in [1.807, 2.05) is 0 Å². The van der Waals surface area contributed by atoms with Crippen LogP contribution in [0, 0.1) is 11.6 Å². The number of carboxylic acid groups (broad SMARTS) is 1. The number of carbonyl (C=O) groups is 2. The molecule has 1 aromatic rings. The minimum absolute atomic E-state index is 0.162. The number of hydrogen-bond donors (Lipinski definition) is 1. The molecule has 0 bridgehead atoms. The molecule has 130 valence electrons. The summed E-state index contributed by atoms with van der Waals surface area (Å²) in [5.41, 5.74) is 0.873. The average molecular weight is 338 g/mol. The first-order valence-corrected chi connectivity index (χ1v) is 7.96. The van der Waals surface area contributed by atoms with Gasteiger partial charge in [-0.3, -0.25) is 4.79 Å². The van der Waals surface area contributed by atoms with Gasteiger partial charge in [0, 0.05) is 6.07 Å². The average Bonchev–Trinajstić information content (AvgIpc) is 2.53. The number of aliphatic carboxylic acids is 1. The molecular formula is C18H20F2O4. The molecule has 1 aliphatic carbocycles. The highest BCUT2D eigenvalue weighted by molar-refractivity contribution is 5.97. The molecule has 1 atom stereocenters. The third kappa shape index (κ3) is 4.63. The fourth-order valence-corrected chi connectivity index (χ4v) is 2.76. The van der Waals surface area contributed by atoms with Crippen molar-refractivity contribution in [1.29, 1.82) is 0 Å². The van der Waals surface area contributed by atoms with Crippen LogP contribution in [0.15, 0.2) is 23.8 Å². The van der Waals surface area contributed by atoms with Gasteiger partial charge in [-0.1, -0.05) is 11.6 Å². The van der Waals surface area contributed by atoms with E-state index >= 15 is 0 Å². The quantitative estimate of drug-likeness (QED) is 0.595. The zero-order valence-corrected chi connectivity index (χ0v) is 13.5. The topological polar surface area (TPSA) is 63.6 Å². The summed E-state index contributed by atoms with van der Waals surface area (Å²) in [4.78, 5) is 23.0. The van der Waals surface area contributed by atoms with Crippen molar-refractivity contribution in [3.05, 3.63) is 41.0 Å². The number of hydrogen-bond acceptors (Lipinski definition) is 3. The Bertz CT molecular complexity index is 667. The van der Waals surface area contributed by atoms with Crippen molar-refractivity contribution in [3.63, 3.8) is 0 Å². The summed E-state index contributed by atoms with van der Waals surface area (Å²) in [5, 5.41) is 9.31. The molecule has 0 radical (unpaired) electrons. The molecule has 0 saturated heterocycles. The van der Waals surface area contributed by atoms with Crippen LogP contribution in [0.2, 0.25) is 0 Å². The molecule has 24 heavy (non-hydrogen) atoms. The lowest BCUT2D eigenvalue weighted by Gasteiger charge is -2.19. The van der Waals surface area contributed by atoms with Crippen LogP contribution in [0.1, 0.15) is 55.8 Å². The molecule has 0 aromatic heterocycles. The molecule has 6 heteroatoms. The monoisotopic (exact) mass is 338 g/mol. The summed E-state index contributed by atoms with van der Waals surface area (Å²) in [6, 6.07) is 1.42. The first-order valence-electron chi connectivity index (χ1n) is 7.96. The van der Waals surface area contributed by atoms with Crippen molar-refractivity contribution in [1.82, 2.24) is 0 Å². The third-order valence-electron chi connectivity index (χ3n) is 4.04. The van der Waals surface area contributed by atoms with Gasteiger partial charge in [-0.05, 0) is 51.5 Å². The largest absolute Gasteiger partial charge is 0.479 e. The molecule has 1 aromatic carbocycles. The Labute approximate surface area is 139 Å². The normalized spacial score (nSPS) is 15.5. The number of Topliss-reactive ketones (excluding diaryl/α,β-unsaturated/α-hetero) is 1. The fraction of sp³-hybridized carbons (Fsp3) is 0.444. The highest BCUT2D eigenvalue weighted by Gasteiger charge is 2.25. The van der Waals surface area contributed by atoms with Crippen molar-refractivity contribution < 1.29 is 28.2 Å². The van der Waals surface area contributed by atoms with Gasteiger partial charge >= 0.3 is 5.97 Å². The van der Waals surface area contributed by atoms with E-state index in [0.29, 0.717) is 12.5 Å². The van der Waals surface area contributed by atoms with Gasteiger partial charge in [0.25, 0.3) is 0 Å². The van der Waals surface area contributed by atoms with Crippen LogP contribution < -0.4 is 4.74 Å². The standard InChI is InChI=1S/C18H20F2O4/c1-11(21)14-9-13(19)10-15(20)17(14)24-16(18(22)23)8-7-12-5-3-2-4-6-12/h5,9-10,16H,2-4,6-8H2,1H3,(H,22,23). The molecule has 0 fully saturated rings. The van der Waals surface area contributed by atoms with Gasteiger partial charge in [-0.2, -0.15) is 0 Å². The second-order valence-electron chi connectivity index (χ2n) is 5.91. The van der Waals surface area contributed by atoms with Gasteiger partial charge in [-0.15, -0.1) is 0 Å². The van der Waals surface area contributed by atoms with Crippen molar-refractivity contribution in [2.24, 2.45) is 0 Å². The molecule has 1 N–H and O–H groups in total. The van der Waals surface area contributed by atoms with Crippen LogP contribution in [0.4, 0.5) is 8.78 Å². The maximum absolute atomic E-state index is 14.0. The zero-order valence-electron chi connectivity index (χ0n) is 13.5. The highest BCUT2D eigenvalue weighted by atomic mass is 19.1. The van der Waals surface area contributed by atoms with Gasteiger partial charge < -0.3 is 9.84 Å². The number of allylic oxidation sites excluding steroid dienone is 2. The molecule has 4 nitrogen and oxygen atoms in total. The molecule has 0 heterocycles. The van der Waals surface area contributed by atoms with E-state index in [0.717, 1.165) is 38.7 Å². The number of carbonyl (C=O) groups excluding carboxylic acids is 1. The summed E-state index contributed by atoms with van der Waals surface area (Å²) >= 11 is 0. The van der Waals surface area contributed by atoms with Crippen molar-refractivity contribution in [2.45, 2.75) is 51.6 Å². The molecular weight excluding hydrogens is 318 g/mol. The lowest BCUT2D eigenvalue weighted by Crippen LogP contribution is -2.28. The fourth-order valence-electron chi connectivity index (χ4n) is 2.76. The van der Waals surface area contributed by atoms with E-state index in [-0.39, 0.29) is 12.0 Å². The maximum atomic E-state index is 14.0. The Morgan fingerprint density at radius 1 is 1.29 bits per heavy atom. The Balaban J connectivity index is 2.17. The molecule has 1 unspecified atom stereocenters. The third-order valence-corrected chi connectivity index (χ3v) is 4.04. The van der Waals surface area contributed by atoms with Crippen LogP contribution in [0.5, 0.6) is 5.75 Å². The number of carboxylic acids is 1. The molecule has 1 aliphatic rings. The second-order valence-corrected chi connectivity index (χ2v) is 5.91. The summed E-state index contributed by atoms with van der Waals surface area (Å²) in [5.74, 6) is -4.34. The molecule has 0 aliphatic heterocycles. The Morgan fingerprint density at radius 2 is 2.04 bits per heavy atom. The van der Waals surface area contributed by atoms with E-state index in [9.17, 15) is 23.5 Å². The van der Waals surface area contributed by atoms with Crippen molar-refractivity contribution in [2.75, 3.05) is 0 Å². The van der Waals surface area contributed by atoms with Crippen LogP contribution in [0.3, 0.4) is 0 Å². The number of ether oxygens (including phenoxy) is 1. The maximum Gasteiger partial charge on any atom is 0.344 e. The minimum atomic E-state index is -1.30. The molecule has 0 amide bonds. The van der Waals surface area contributed by atoms with Gasteiger partial charge in [-0.25, -0.2) is 13.6 Å². The highest BCUT2D eigenvalue weighted by Crippen LogP contribution is 2.28. The van der Waals surface area contributed by atoms with Gasteiger partial charge in [0.2, 0.25) is 0 Å². The minimum Gasteiger partial charge on any atom is -0.479 e. The van der Waals surface area contributed by atoms with Crippen LogP contribution in [-0.4, -0.2) is 23.0 Å². The Hall–Kier alpha value is -2.24. The van der Waals surface area contributed by atoms with E-state index in [1.165, 1.54) is 5.57 Å². The predicted octanol–water partition coefficient (Wildman–Crippen LogP) is 4.28. The lowest BCUT2D eigenvalue weighted by molar-refractivity contribution is -0.145. The zero-order chi connectivity index (χ0) is 17.7. The summed E-state index contributed by atoms with van der Waals surface area (Å²) in [6.45, 7) is 1.14. The van der Waals surface area contributed by atoms with E-state index in [4.69, 9.17) is 4.74 Å². The van der Waals surface area contributed by atoms with Crippen LogP contribution in [0.25, 0.3) is 0 Å². The molecule has 2 rings (SSSR count). The number of benzene rings is 1. The van der Waals surface area contributed by atoms with E-state index in [1.54, 1.807) is 0 Å². The van der Waals surface area contributed by atoms with Gasteiger partial charge in [0.05, 0.1) is 5.56 Å². The van der Waals surface area contributed by atoms with Gasteiger partial charge in [0.15, 0.2) is 23.5 Å². The summed E-state index contributed by atoms with van der Waals surface area (Å²) < 4.78 is 32.5. The molecule has 0 spiro atoms. The van der Waals surface area contributed by atoms with Crippen molar-refractivity contribution >= 4 is 11.8 Å². The smallest absolute Gasteiger partial charge is 0.344 e. The van der Waals surface area contributed by atoms with Gasteiger partial charge in [0.1, 0.15) is 5.82 Å². The first-order chi connectivity index (χ1) is 11.4. The van der Waals surface area contributed by atoms with E-state index in [2.05, 4.69) is 6.08 Å². The van der Waals surface area contributed by atoms with E-state index < -0.39 is 35.2 Å². The SMILES string of the molecule is CC(=O)c1cc(F)cc(F)c1OC(CCC1=CCCCC1)C(=O)O. The second kappa shape index (κ2) is 8.04. The first kappa shape index (κ1) is 18.1. The van der Waals surface area contributed by atoms with Crippen molar-refractivity contribution in [3.8, 4) is 5.75 Å². The predicted molar refractivity (Wildman–Crippen MR) is 84.2 cm³/mol. The summed E-state index contributed by atoms with van der Waals surface area (Å²) in [7, 11) is 0. The number of rotatable bonds is 7. The summed E-state index contributed by atoms with van der Waals surface area (Å²) in [6.07, 6.45) is 5.61. The Morgan fingerprint density at radius 3 is 2.62 bits per heavy atom. The Kier molecular flexibility index (Phi) is 6.06. The van der Waals surface area contributed by atoms with Crippen LogP contribution >= 0.6 is 0 Å². The number of halogens is 2. The van der Waals surface area contributed by atoms with Crippen LogP contribution in [-0.2, 0) is 4.79 Å².